The van der Waals surface area contributed by atoms with Gasteiger partial charge in [0, 0.05) is 17.6 Å². The molecule has 1 amide bonds. The number of carbonyl (C=O) groups is 1. The van der Waals surface area contributed by atoms with E-state index in [2.05, 4.69) is 25.6 Å². The van der Waals surface area contributed by atoms with Gasteiger partial charge in [-0.05, 0) is 55.7 Å². The minimum absolute atomic E-state index is 0.139. The van der Waals surface area contributed by atoms with E-state index in [1.165, 1.54) is 17.4 Å². The smallest absolute Gasteiger partial charge is 0.261 e. The number of thiazole rings is 1. The van der Waals surface area contributed by atoms with Crippen molar-refractivity contribution in [3.63, 3.8) is 0 Å². The van der Waals surface area contributed by atoms with Crippen molar-refractivity contribution in [2.75, 3.05) is 17.8 Å². The van der Waals surface area contributed by atoms with Crippen LogP contribution in [0.4, 0.5) is 5.69 Å². The van der Waals surface area contributed by atoms with Crippen molar-refractivity contribution < 1.29 is 13.2 Å². The molecular weight excluding hydrogens is 462 g/mol. The molecule has 2 aromatic carbocycles. The van der Waals surface area contributed by atoms with Crippen LogP contribution in [0.5, 0.6) is 0 Å². The maximum Gasteiger partial charge on any atom is 0.261 e. The third kappa shape index (κ3) is 3.92. The highest BCUT2D eigenvalue weighted by atomic mass is 79.9. The molecule has 1 fully saturated rings. The zero-order valence-electron chi connectivity index (χ0n) is 14.9. The summed E-state index contributed by atoms with van der Waals surface area (Å²) in [5.74, 6) is -0.150. The molecule has 1 aromatic heterocycles. The molecule has 28 heavy (non-hydrogen) atoms. The quantitative estimate of drug-likeness (QED) is 0.597. The van der Waals surface area contributed by atoms with E-state index in [1.54, 1.807) is 40.7 Å². The van der Waals surface area contributed by atoms with Gasteiger partial charge in [0.05, 0.1) is 31.9 Å². The van der Waals surface area contributed by atoms with Crippen LogP contribution < -0.4 is 4.72 Å². The number of carbonyl (C=O) groups excluding carboxylic acids is 1. The molecule has 3 aromatic rings. The topological polar surface area (TPSA) is 79.4 Å². The van der Waals surface area contributed by atoms with Crippen LogP contribution in [0.3, 0.4) is 0 Å². The highest BCUT2D eigenvalue weighted by Crippen LogP contribution is 2.28. The molecule has 1 aliphatic heterocycles. The first-order valence-corrected chi connectivity index (χ1v) is 12.0. The lowest BCUT2D eigenvalue weighted by Crippen LogP contribution is -2.36. The van der Waals surface area contributed by atoms with Crippen LogP contribution in [0.25, 0.3) is 10.2 Å². The highest BCUT2D eigenvalue weighted by Gasteiger charge is 2.24. The fraction of sp³-hybridized carbons (Fsp3) is 0.263. The van der Waals surface area contributed by atoms with E-state index in [1.807, 2.05) is 0 Å². The lowest BCUT2D eigenvalue weighted by molar-refractivity contribution is 0.0725. The van der Waals surface area contributed by atoms with E-state index < -0.39 is 10.0 Å². The Balaban J connectivity index is 1.68. The zero-order chi connectivity index (χ0) is 19.7. The Morgan fingerprint density at radius 3 is 2.68 bits per heavy atom. The molecule has 0 bridgehead atoms. The third-order valence-corrected chi connectivity index (χ3v) is 7.36. The Hall–Kier alpha value is -1.97. The number of anilines is 1. The summed E-state index contributed by atoms with van der Waals surface area (Å²) >= 11 is 4.75. The second-order valence-electron chi connectivity index (χ2n) is 6.63. The standard InChI is InChI=1S/C19H18BrN3O3S2/c20-13-4-6-15(19(24)23-8-2-1-3-9-23)17(10-13)22-28(25,26)14-5-7-16-18(11-14)27-12-21-16/h4-7,10-12,22H,1-3,8-9H2. The number of aromatic nitrogens is 1. The van der Waals surface area contributed by atoms with Gasteiger partial charge >= 0.3 is 0 Å². The number of nitrogens with one attached hydrogen (secondary N) is 1. The summed E-state index contributed by atoms with van der Waals surface area (Å²) in [6, 6.07) is 9.83. The lowest BCUT2D eigenvalue weighted by Gasteiger charge is -2.27. The molecule has 2 heterocycles. The van der Waals surface area contributed by atoms with Gasteiger partial charge in [0.25, 0.3) is 15.9 Å². The molecule has 0 unspecified atom stereocenters. The van der Waals surface area contributed by atoms with E-state index in [0.29, 0.717) is 23.1 Å². The van der Waals surface area contributed by atoms with Gasteiger partial charge in [0.2, 0.25) is 0 Å². The summed E-state index contributed by atoms with van der Waals surface area (Å²) in [6.07, 6.45) is 3.06. The molecule has 1 saturated heterocycles. The first kappa shape index (κ1) is 19.4. The summed E-state index contributed by atoms with van der Waals surface area (Å²) in [7, 11) is -3.85. The molecular formula is C19H18BrN3O3S2. The predicted molar refractivity (Wildman–Crippen MR) is 114 cm³/mol. The van der Waals surface area contributed by atoms with E-state index in [4.69, 9.17) is 0 Å². The average Bonchev–Trinajstić information content (AvgIpc) is 3.16. The first-order chi connectivity index (χ1) is 13.4. The van der Waals surface area contributed by atoms with Gasteiger partial charge in [0.15, 0.2) is 0 Å². The number of halogens is 1. The van der Waals surface area contributed by atoms with Crippen LogP contribution in [-0.2, 0) is 10.0 Å². The molecule has 9 heteroatoms. The maximum atomic E-state index is 13.0. The fourth-order valence-corrected chi connectivity index (χ4v) is 5.51. The second kappa shape index (κ2) is 7.81. The monoisotopic (exact) mass is 479 g/mol. The number of piperidine rings is 1. The predicted octanol–water partition coefficient (Wildman–Crippen LogP) is 4.49. The van der Waals surface area contributed by atoms with Crippen molar-refractivity contribution in [3.05, 3.63) is 51.9 Å². The summed E-state index contributed by atoms with van der Waals surface area (Å²) in [5, 5.41) is 0. The fourth-order valence-electron chi connectivity index (χ4n) is 3.26. The number of rotatable bonds is 4. The Morgan fingerprint density at radius 2 is 1.89 bits per heavy atom. The number of benzene rings is 2. The van der Waals surface area contributed by atoms with E-state index in [9.17, 15) is 13.2 Å². The normalized spacial score (nSPS) is 15.0. The zero-order valence-corrected chi connectivity index (χ0v) is 18.1. The molecule has 0 spiro atoms. The Morgan fingerprint density at radius 1 is 1.11 bits per heavy atom. The number of likely N-dealkylation sites (tertiary alicyclic amines) is 1. The Kier molecular flexibility index (Phi) is 5.39. The second-order valence-corrected chi connectivity index (χ2v) is 10.1. The summed E-state index contributed by atoms with van der Waals surface area (Å²) in [5.41, 5.74) is 3.06. The molecule has 0 atom stereocenters. The van der Waals surface area contributed by atoms with Crippen LogP contribution in [0.1, 0.15) is 29.6 Å². The van der Waals surface area contributed by atoms with Gasteiger partial charge < -0.3 is 4.90 Å². The number of nitrogens with zero attached hydrogens (tertiary/aromatic N) is 2. The first-order valence-electron chi connectivity index (χ1n) is 8.89. The van der Waals surface area contributed by atoms with Crippen molar-refractivity contribution in [2.24, 2.45) is 0 Å². The molecule has 6 nitrogen and oxygen atoms in total. The largest absolute Gasteiger partial charge is 0.339 e. The van der Waals surface area contributed by atoms with E-state index in [0.717, 1.165) is 29.5 Å². The number of fused-ring (bicyclic) bond motifs is 1. The molecule has 4 rings (SSSR count). The van der Waals surface area contributed by atoms with Gasteiger partial charge in [-0.15, -0.1) is 11.3 Å². The van der Waals surface area contributed by atoms with E-state index in [-0.39, 0.29) is 16.5 Å². The van der Waals surface area contributed by atoms with Crippen molar-refractivity contribution in [3.8, 4) is 0 Å². The van der Waals surface area contributed by atoms with Crippen LogP contribution >= 0.6 is 27.3 Å². The summed E-state index contributed by atoms with van der Waals surface area (Å²) < 4.78 is 30.0. The molecule has 1 aliphatic rings. The molecule has 0 aliphatic carbocycles. The number of hydrogen-bond donors (Lipinski definition) is 1. The summed E-state index contributed by atoms with van der Waals surface area (Å²) in [4.78, 5) is 19.1. The van der Waals surface area contributed by atoms with Crippen LogP contribution in [0, 0.1) is 0 Å². The minimum atomic E-state index is -3.85. The van der Waals surface area contributed by atoms with Gasteiger partial charge in [0.1, 0.15) is 0 Å². The lowest BCUT2D eigenvalue weighted by atomic mass is 10.1. The van der Waals surface area contributed by atoms with Gasteiger partial charge in [-0.25, -0.2) is 13.4 Å². The van der Waals surface area contributed by atoms with Crippen molar-refractivity contribution >= 4 is 59.1 Å². The van der Waals surface area contributed by atoms with Crippen molar-refractivity contribution in [2.45, 2.75) is 24.2 Å². The number of sulfonamides is 1. The number of hydrogen-bond acceptors (Lipinski definition) is 5. The van der Waals surface area contributed by atoms with Crippen LogP contribution in [0.15, 0.2) is 51.3 Å². The summed E-state index contributed by atoms with van der Waals surface area (Å²) in [6.45, 7) is 1.40. The van der Waals surface area contributed by atoms with Crippen LogP contribution in [0.2, 0.25) is 0 Å². The van der Waals surface area contributed by atoms with Gasteiger partial charge in [-0.2, -0.15) is 0 Å². The number of amides is 1. The van der Waals surface area contributed by atoms with Gasteiger partial charge in [-0.3, -0.25) is 9.52 Å². The minimum Gasteiger partial charge on any atom is -0.339 e. The third-order valence-electron chi connectivity index (χ3n) is 4.71. The Bertz CT molecular complexity index is 1140. The van der Waals surface area contributed by atoms with Gasteiger partial charge in [-0.1, -0.05) is 15.9 Å². The molecule has 0 radical (unpaired) electrons. The maximum absolute atomic E-state index is 13.0. The molecule has 0 saturated carbocycles. The van der Waals surface area contributed by atoms with Crippen molar-refractivity contribution in [1.29, 1.82) is 0 Å². The highest BCUT2D eigenvalue weighted by molar-refractivity contribution is 9.10. The van der Waals surface area contributed by atoms with E-state index >= 15 is 0 Å². The molecule has 1 N–H and O–H groups in total. The Labute approximate surface area is 175 Å². The van der Waals surface area contributed by atoms with Crippen LogP contribution in [-0.4, -0.2) is 37.3 Å². The molecule has 146 valence electrons. The average molecular weight is 480 g/mol. The van der Waals surface area contributed by atoms with Crippen molar-refractivity contribution in [1.82, 2.24) is 9.88 Å². The SMILES string of the molecule is O=C(c1ccc(Br)cc1NS(=O)(=O)c1ccc2ncsc2c1)N1CCCCC1.